The number of aromatic nitrogens is 3. The smallest absolute Gasteiger partial charge is 0.276 e. The van der Waals surface area contributed by atoms with E-state index in [0.717, 1.165) is 25.1 Å². The number of hydrogen-bond acceptors (Lipinski definition) is 6. The number of amides is 2. The predicted octanol–water partition coefficient (Wildman–Crippen LogP) is 1.57. The van der Waals surface area contributed by atoms with Gasteiger partial charge in [0.15, 0.2) is 5.69 Å². The lowest BCUT2D eigenvalue weighted by Gasteiger charge is -2.32. The summed E-state index contributed by atoms with van der Waals surface area (Å²) >= 11 is 0. The summed E-state index contributed by atoms with van der Waals surface area (Å²) in [4.78, 5) is 36.3. The summed E-state index contributed by atoms with van der Waals surface area (Å²) in [5.74, 6) is 0.673. The molecule has 0 unspecified atom stereocenters. The molecule has 8 heteroatoms. The first-order chi connectivity index (χ1) is 12.4. The maximum absolute atomic E-state index is 12.6. The van der Waals surface area contributed by atoms with Crippen molar-refractivity contribution in [3.63, 3.8) is 0 Å². The van der Waals surface area contributed by atoms with Crippen LogP contribution in [0.5, 0.6) is 0 Å². The maximum Gasteiger partial charge on any atom is 0.276 e. The van der Waals surface area contributed by atoms with Gasteiger partial charge in [-0.3, -0.25) is 9.59 Å². The Morgan fingerprint density at radius 1 is 1.27 bits per heavy atom. The molecule has 8 nitrogen and oxygen atoms in total. The van der Waals surface area contributed by atoms with E-state index >= 15 is 0 Å². The van der Waals surface area contributed by atoms with E-state index in [1.54, 1.807) is 33.2 Å². The van der Waals surface area contributed by atoms with Crippen LogP contribution in [0, 0.1) is 12.8 Å². The average molecular weight is 357 g/mol. The van der Waals surface area contributed by atoms with E-state index in [4.69, 9.17) is 4.52 Å². The SMILES string of the molecule is Cc1cc(C(=O)N2CCC[C@@H](Cc3cc(C(=O)N(C)C)ncn3)C2)no1. The van der Waals surface area contributed by atoms with Crippen molar-refractivity contribution in [3.8, 4) is 0 Å². The summed E-state index contributed by atoms with van der Waals surface area (Å²) in [6, 6.07) is 3.40. The number of piperidine rings is 1. The highest BCUT2D eigenvalue weighted by atomic mass is 16.5. The van der Waals surface area contributed by atoms with Crippen molar-refractivity contribution in [2.24, 2.45) is 5.92 Å². The molecule has 2 aromatic heterocycles. The Balaban J connectivity index is 1.66. The van der Waals surface area contributed by atoms with E-state index in [9.17, 15) is 9.59 Å². The minimum atomic E-state index is -0.143. The predicted molar refractivity (Wildman–Crippen MR) is 93.6 cm³/mol. The first-order valence-corrected chi connectivity index (χ1v) is 8.69. The van der Waals surface area contributed by atoms with Crippen LogP contribution in [0.15, 0.2) is 23.0 Å². The zero-order chi connectivity index (χ0) is 18.7. The van der Waals surface area contributed by atoms with Crippen molar-refractivity contribution >= 4 is 11.8 Å². The second-order valence-electron chi connectivity index (χ2n) is 6.88. The molecule has 1 aliphatic rings. The topological polar surface area (TPSA) is 92.4 Å². The van der Waals surface area contributed by atoms with E-state index in [1.165, 1.54) is 11.2 Å². The fourth-order valence-corrected chi connectivity index (χ4v) is 3.20. The Morgan fingerprint density at radius 3 is 2.77 bits per heavy atom. The highest BCUT2D eigenvalue weighted by molar-refractivity contribution is 5.92. The Bertz CT molecular complexity index is 802. The van der Waals surface area contributed by atoms with Crippen LogP contribution in [-0.4, -0.2) is 63.9 Å². The van der Waals surface area contributed by atoms with Crippen LogP contribution in [0.2, 0.25) is 0 Å². The average Bonchev–Trinajstić information content (AvgIpc) is 3.07. The molecular formula is C18H23N5O3. The third kappa shape index (κ3) is 4.07. The third-order valence-electron chi connectivity index (χ3n) is 4.50. The maximum atomic E-state index is 12.6. The van der Waals surface area contributed by atoms with Crippen LogP contribution in [0.4, 0.5) is 0 Å². The molecule has 0 aliphatic carbocycles. The standard InChI is InChI=1S/C18H23N5O3/c1-12-7-16(21-26-12)18(25)23-6-4-5-13(10-23)8-14-9-15(20-11-19-14)17(24)22(2)3/h7,9,11,13H,4-6,8,10H2,1-3H3/t13-/m0/s1. The van der Waals surface area contributed by atoms with Crippen LogP contribution in [0.1, 0.15) is 45.3 Å². The molecule has 1 saturated heterocycles. The van der Waals surface area contributed by atoms with Gasteiger partial charge in [-0.1, -0.05) is 5.16 Å². The van der Waals surface area contributed by atoms with Gasteiger partial charge in [-0.25, -0.2) is 9.97 Å². The summed E-state index contributed by atoms with van der Waals surface area (Å²) in [5.41, 5.74) is 1.56. The number of hydrogen-bond donors (Lipinski definition) is 0. The summed E-state index contributed by atoms with van der Waals surface area (Å²) in [6.07, 6.45) is 4.08. The van der Waals surface area contributed by atoms with E-state index < -0.39 is 0 Å². The van der Waals surface area contributed by atoms with Crippen molar-refractivity contribution < 1.29 is 14.1 Å². The molecular weight excluding hydrogens is 334 g/mol. The van der Waals surface area contributed by atoms with Crippen LogP contribution >= 0.6 is 0 Å². The fourth-order valence-electron chi connectivity index (χ4n) is 3.20. The molecule has 26 heavy (non-hydrogen) atoms. The van der Waals surface area contributed by atoms with Gasteiger partial charge in [-0.15, -0.1) is 0 Å². The molecule has 0 bridgehead atoms. The minimum absolute atomic E-state index is 0.0993. The van der Waals surface area contributed by atoms with E-state index in [1.807, 2.05) is 4.90 Å². The number of carbonyl (C=O) groups is 2. The van der Waals surface area contributed by atoms with Gasteiger partial charge < -0.3 is 14.3 Å². The molecule has 0 N–H and O–H groups in total. The normalized spacial score (nSPS) is 17.2. The van der Waals surface area contributed by atoms with Crippen molar-refractivity contribution in [2.75, 3.05) is 27.2 Å². The number of nitrogens with zero attached hydrogens (tertiary/aromatic N) is 5. The summed E-state index contributed by atoms with van der Waals surface area (Å²) < 4.78 is 5.00. The van der Waals surface area contributed by atoms with Gasteiger partial charge in [0.1, 0.15) is 17.8 Å². The molecule has 2 amide bonds. The number of likely N-dealkylation sites (tertiary alicyclic amines) is 1. The quantitative estimate of drug-likeness (QED) is 0.825. The Kier molecular flexibility index (Phi) is 5.29. The molecule has 0 spiro atoms. The molecule has 0 saturated carbocycles. The minimum Gasteiger partial charge on any atom is -0.361 e. The second kappa shape index (κ2) is 7.63. The monoisotopic (exact) mass is 357 g/mol. The second-order valence-corrected chi connectivity index (χ2v) is 6.88. The lowest BCUT2D eigenvalue weighted by Crippen LogP contribution is -2.40. The molecule has 138 valence electrons. The van der Waals surface area contributed by atoms with Crippen LogP contribution < -0.4 is 0 Å². The molecule has 1 aliphatic heterocycles. The Labute approximate surface area is 152 Å². The van der Waals surface area contributed by atoms with Gasteiger partial charge in [-0.05, 0) is 38.2 Å². The van der Waals surface area contributed by atoms with Crippen molar-refractivity contribution in [3.05, 3.63) is 41.3 Å². The fraction of sp³-hybridized carbons (Fsp3) is 0.500. The Morgan fingerprint density at radius 2 is 2.08 bits per heavy atom. The van der Waals surface area contributed by atoms with E-state index in [-0.39, 0.29) is 17.7 Å². The first kappa shape index (κ1) is 18.0. The van der Waals surface area contributed by atoms with Gasteiger partial charge >= 0.3 is 0 Å². The van der Waals surface area contributed by atoms with Gasteiger partial charge in [-0.2, -0.15) is 0 Å². The zero-order valence-corrected chi connectivity index (χ0v) is 15.3. The van der Waals surface area contributed by atoms with Gasteiger partial charge in [0.05, 0.1) is 0 Å². The van der Waals surface area contributed by atoms with Gasteiger partial charge in [0.25, 0.3) is 11.8 Å². The number of aryl methyl sites for hydroxylation is 1. The van der Waals surface area contributed by atoms with E-state index in [2.05, 4.69) is 15.1 Å². The first-order valence-electron chi connectivity index (χ1n) is 8.69. The molecule has 0 aromatic carbocycles. The summed E-state index contributed by atoms with van der Waals surface area (Å²) in [5, 5.41) is 3.82. The van der Waals surface area contributed by atoms with Gasteiger partial charge in [0.2, 0.25) is 0 Å². The molecule has 2 aromatic rings. The zero-order valence-electron chi connectivity index (χ0n) is 15.3. The highest BCUT2D eigenvalue weighted by Crippen LogP contribution is 2.22. The molecule has 1 fully saturated rings. The third-order valence-corrected chi connectivity index (χ3v) is 4.50. The van der Waals surface area contributed by atoms with Crippen molar-refractivity contribution in [2.45, 2.75) is 26.2 Å². The van der Waals surface area contributed by atoms with Crippen LogP contribution in [0.25, 0.3) is 0 Å². The molecule has 3 heterocycles. The van der Waals surface area contributed by atoms with Crippen molar-refractivity contribution in [1.82, 2.24) is 24.9 Å². The molecule has 1 atom stereocenters. The Hall–Kier alpha value is -2.77. The van der Waals surface area contributed by atoms with E-state index in [0.29, 0.717) is 30.1 Å². The lowest BCUT2D eigenvalue weighted by molar-refractivity contribution is 0.0662. The number of rotatable bonds is 4. The molecule has 0 radical (unpaired) electrons. The largest absolute Gasteiger partial charge is 0.361 e. The van der Waals surface area contributed by atoms with Crippen LogP contribution in [0.3, 0.4) is 0 Å². The van der Waals surface area contributed by atoms with Gasteiger partial charge in [0, 0.05) is 38.9 Å². The van der Waals surface area contributed by atoms with Crippen molar-refractivity contribution in [1.29, 1.82) is 0 Å². The van der Waals surface area contributed by atoms with Crippen LogP contribution in [-0.2, 0) is 6.42 Å². The summed E-state index contributed by atoms with van der Waals surface area (Å²) in [7, 11) is 3.39. The highest BCUT2D eigenvalue weighted by Gasteiger charge is 2.27. The lowest BCUT2D eigenvalue weighted by atomic mass is 9.93. The molecule has 3 rings (SSSR count). The number of carbonyl (C=O) groups excluding carboxylic acids is 2. The summed E-state index contributed by atoms with van der Waals surface area (Å²) in [6.45, 7) is 3.13.